The molecule has 0 aliphatic rings. The van der Waals surface area contributed by atoms with Gasteiger partial charge in [0.1, 0.15) is 5.75 Å². The Labute approximate surface area is 128 Å². The van der Waals surface area contributed by atoms with Gasteiger partial charge in [-0.25, -0.2) is 4.79 Å². The minimum absolute atomic E-state index is 0.426. The first kappa shape index (κ1) is 17.5. The van der Waals surface area contributed by atoms with Crippen LogP contribution in [0, 0.1) is 11.8 Å². The first-order valence-corrected chi connectivity index (χ1v) is 7.78. The van der Waals surface area contributed by atoms with E-state index in [1.807, 2.05) is 0 Å². The van der Waals surface area contributed by atoms with Gasteiger partial charge in [-0.05, 0) is 60.8 Å². The van der Waals surface area contributed by atoms with Crippen molar-refractivity contribution in [3.8, 4) is 5.75 Å². The number of rotatable bonds is 8. The number of carbonyl (C=O) groups is 1. The molecule has 0 fully saturated rings. The molecule has 1 aromatic carbocycles. The maximum Gasteiger partial charge on any atom is 0.335 e. The lowest BCUT2D eigenvalue weighted by Gasteiger charge is -2.18. The third-order valence-corrected chi connectivity index (χ3v) is 3.78. The van der Waals surface area contributed by atoms with E-state index >= 15 is 0 Å². The van der Waals surface area contributed by atoms with Crippen LogP contribution in [0.15, 0.2) is 12.1 Å². The van der Waals surface area contributed by atoms with Crippen molar-refractivity contribution in [2.24, 2.45) is 11.8 Å². The average molecular weight is 292 g/mol. The zero-order valence-electron chi connectivity index (χ0n) is 13.9. The molecule has 0 aliphatic carbocycles. The molecule has 118 valence electrons. The zero-order chi connectivity index (χ0) is 16.0. The van der Waals surface area contributed by atoms with Crippen LogP contribution in [0.5, 0.6) is 5.75 Å². The largest absolute Gasteiger partial charge is 0.496 e. The van der Waals surface area contributed by atoms with Gasteiger partial charge in [0.15, 0.2) is 0 Å². The van der Waals surface area contributed by atoms with E-state index in [2.05, 4.69) is 27.7 Å². The van der Waals surface area contributed by atoms with Crippen LogP contribution in [-0.4, -0.2) is 18.2 Å². The molecule has 0 aliphatic heterocycles. The van der Waals surface area contributed by atoms with Crippen molar-refractivity contribution in [1.29, 1.82) is 0 Å². The van der Waals surface area contributed by atoms with Crippen molar-refractivity contribution >= 4 is 5.97 Å². The molecule has 0 bridgehead atoms. The predicted molar refractivity (Wildman–Crippen MR) is 86.3 cm³/mol. The third kappa shape index (κ3) is 5.07. The summed E-state index contributed by atoms with van der Waals surface area (Å²) in [5.41, 5.74) is 2.46. The fourth-order valence-electron chi connectivity index (χ4n) is 2.49. The molecule has 0 atom stereocenters. The lowest BCUT2D eigenvalue weighted by molar-refractivity contribution is 0.0695. The van der Waals surface area contributed by atoms with Gasteiger partial charge in [0.05, 0.1) is 12.7 Å². The highest BCUT2D eigenvalue weighted by Gasteiger charge is 2.18. The second-order valence-electron chi connectivity index (χ2n) is 6.44. The van der Waals surface area contributed by atoms with Crippen LogP contribution < -0.4 is 4.74 Å². The summed E-state index contributed by atoms with van der Waals surface area (Å²) in [5.74, 6) is 1.11. The van der Waals surface area contributed by atoms with E-state index in [4.69, 9.17) is 4.74 Å². The number of carboxylic acid groups (broad SMARTS) is 1. The molecule has 0 heterocycles. The first-order valence-electron chi connectivity index (χ1n) is 7.78. The second-order valence-corrected chi connectivity index (χ2v) is 6.44. The summed E-state index contributed by atoms with van der Waals surface area (Å²) in [5, 5.41) is 9.46. The van der Waals surface area contributed by atoms with E-state index in [-0.39, 0.29) is 0 Å². The van der Waals surface area contributed by atoms with Gasteiger partial charge in [0.25, 0.3) is 0 Å². The maximum atomic E-state index is 11.5. The number of hydrogen-bond donors (Lipinski definition) is 1. The molecule has 1 rings (SSSR count). The van der Waals surface area contributed by atoms with E-state index in [0.717, 1.165) is 42.6 Å². The summed E-state index contributed by atoms with van der Waals surface area (Å²) >= 11 is 0. The molecule has 3 heteroatoms. The van der Waals surface area contributed by atoms with E-state index < -0.39 is 5.97 Å². The zero-order valence-corrected chi connectivity index (χ0v) is 13.9. The normalized spacial score (nSPS) is 11.2. The quantitative estimate of drug-likeness (QED) is 0.763. The number of carboxylic acids is 1. The molecule has 1 aromatic rings. The highest BCUT2D eigenvalue weighted by Crippen LogP contribution is 2.30. The lowest BCUT2D eigenvalue weighted by Crippen LogP contribution is -2.10. The van der Waals surface area contributed by atoms with Crippen molar-refractivity contribution in [2.45, 2.75) is 53.4 Å². The molecular weight excluding hydrogens is 264 g/mol. The van der Waals surface area contributed by atoms with E-state index in [0.29, 0.717) is 17.4 Å². The van der Waals surface area contributed by atoms with Crippen molar-refractivity contribution in [1.82, 2.24) is 0 Å². The fourth-order valence-corrected chi connectivity index (χ4v) is 2.49. The Bertz CT molecular complexity index is 476. The van der Waals surface area contributed by atoms with Crippen molar-refractivity contribution in [3.63, 3.8) is 0 Å². The first-order chi connectivity index (χ1) is 9.86. The summed E-state index contributed by atoms with van der Waals surface area (Å²) in [6, 6.07) is 3.47. The molecule has 0 saturated carbocycles. The molecule has 0 aromatic heterocycles. The molecular formula is C18H28O3. The van der Waals surface area contributed by atoms with Gasteiger partial charge in [-0.2, -0.15) is 0 Å². The highest BCUT2D eigenvalue weighted by molar-refractivity contribution is 5.90. The van der Waals surface area contributed by atoms with Gasteiger partial charge >= 0.3 is 5.97 Å². The van der Waals surface area contributed by atoms with Crippen LogP contribution in [0.4, 0.5) is 0 Å². The average Bonchev–Trinajstić information content (AvgIpc) is 2.41. The smallest absolute Gasteiger partial charge is 0.335 e. The maximum absolute atomic E-state index is 11.5. The van der Waals surface area contributed by atoms with Crippen molar-refractivity contribution in [3.05, 3.63) is 28.8 Å². The predicted octanol–water partition coefficient (Wildman–Crippen LogP) is 4.57. The van der Waals surface area contributed by atoms with E-state index in [1.165, 1.54) is 0 Å². The Hall–Kier alpha value is -1.51. The molecule has 3 nitrogen and oxygen atoms in total. The van der Waals surface area contributed by atoms with Crippen LogP contribution >= 0.6 is 0 Å². The number of benzene rings is 1. The molecule has 0 radical (unpaired) electrons. The van der Waals surface area contributed by atoms with Gasteiger partial charge in [0, 0.05) is 0 Å². The number of aromatic carboxylic acids is 1. The van der Waals surface area contributed by atoms with E-state index in [1.54, 1.807) is 19.2 Å². The Morgan fingerprint density at radius 1 is 1.05 bits per heavy atom. The van der Waals surface area contributed by atoms with Crippen molar-refractivity contribution in [2.75, 3.05) is 7.11 Å². The SMILES string of the molecule is COc1ccc(C(=O)O)c(CCC(C)C)c1CCC(C)C. The third-order valence-electron chi connectivity index (χ3n) is 3.78. The lowest BCUT2D eigenvalue weighted by atomic mass is 9.90. The van der Waals surface area contributed by atoms with Crippen molar-refractivity contribution < 1.29 is 14.6 Å². The van der Waals surface area contributed by atoms with Crippen LogP contribution in [0.1, 0.15) is 62.0 Å². The molecule has 0 spiro atoms. The molecule has 21 heavy (non-hydrogen) atoms. The van der Waals surface area contributed by atoms with Crippen LogP contribution in [0.3, 0.4) is 0 Å². The Kier molecular flexibility index (Phi) is 6.73. The van der Waals surface area contributed by atoms with Gasteiger partial charge in [-0.3, -0.25) is 0 Å². The van der Waals surface area contributed by atoms with Gasteiger partial charge in [-0.15, -0.1) is 0 Å². The Morgan fingerprint density at radius 2 is 1.57 bits per heavy atom. The number of hydrogen-bond acceptors (Lipinski definition) is 2. The summed E-state index contributed by atoms with van der Waals surface area (Å²) in [6.07, 6.45) is 3.69. The topological polar surface area (TPSA) is 46.5 Å². The summed E-state index contributed by atoms with van der Waals surface area (Å²) in [7, 11) is 1.65. The number of ether oxygens (including phenoxy) is 1. The van der Waals surface area contributed by atoms with Gasteiger partial charge in [-0.1, -0.05) is 27.7 Å². The second kappa shape index (κ2) is 8.06. The number of methoxy groups -OCH3 is 1. The summed E-state index contributed by atoms with van der Waals surface area (Å²) < 4.78 is 5.47. The van der Waals surface area contributed by atoms with Crippen LogP contribution in [0.2, 0.25) is 0 Å². The summed E-state index contributed by atoms with van der Waals surface area (Å²) in [6.45, 7) is 8.69. The molecule has 0 amide bonds. The highest BCUT2D eigenvalue weighted by atomic mass is 16.5. The van der Waals surface area contributed by atoms with Gasteiger partial charge in [0.2, 0.25) is 0 Å². The summed E-state index contributed by atoms with van der Waals surface area (Å²) in [4.78, 5) is 11.5. The molecule has 1 N–H and O–H groups in total. The van der Waals surface area contributed by atoms with E-state index in [9.17, 15) is 9.90 Å². The monoisotopic (exact) mass is 292 g/mol. The van der Waals surface area contributed by atoms with Crippen LogP contribution in [0.25, 0.3) is 0 Å². The minimum atomic E-state index is -0.845. The molecule has 0 saturated heterocycles. The Balaban J connectivity index is 3.23. The fraction of sp³-hybridized carbons (Fsp3) is 0.611. The Morgan fingerprint density at radius 3 is 2.00 bits per heavy atom. The van der Waals surface area contributed by atoms with Gasteiger partial charge < -0.3 is 9.84 Å². The standard InChI is InChI=1S/C18H28O3/c1-12(2)6-8-14-15(9-7-13(3)4)17(21-5)11-10-16(14)18(19)20/h10-13H,6-9H2,1-5H3,(H,19,20). The molecule has 0 unspecified atom stereocenters. The van der Waals surface area contributed by atoms with Crippen LogP contribution in [-0.2, 0) is 12.8 Å². The minimum Gasteiger partial charge on any atom is -0.496 e.